The van der Waals surface area contributed by atoms with Gasteiger partial charge in [-0.2, -0.15) is 0 Å². The molecule has 2 rings (SSSR count). The van der Waals surface area contributed by atoms with Crippen molar-refractivity contribution in [3.63, 3.8) is 0 Å². The van der Waals surface area contributed by atoms with E-state index in [4.69, 9.17) is 4.74 Å². The third-order valence-corrected chi connectivity index (χ3v) is 4.37. The van der Waals surface area contributed by atoms with Crippen LogP contribution in [-0.2, 0) is 4.74 Å². The molecule has 0 radical (unpaired) electrons. The summed E-state index contributed by atoms with van der Waals surface area (Å²) in [5.74, 6) is 0.671. The van der Waals surface area contributed by atoms with Gasteiger partial charge in [0.15, 0.2) is 0 Å². The van der Waals surface area contributed by atoms with Crippen LogP contribution >= 0.6 is 0 Å². The summed E-state index contributed by atoms with van der Waals surface area (Å²) in [6, 6.07) is 0.414. The molecule has 1 aliphatic carbocycles. The molecule has 17 heavy (non-hydrogen) atoms. The molecule has 3 unspecified atom stereocenters. The van der Waals surface area contributed by atoms with E-state index in [1.54, 1.807) is 7.11 Å². The second-order valence-electron chi connectivity index (χ2n) is 5.73. The molecule has 2 aliphatic rings. The smallest absolute Gasteiger partial charge is 0.0695 e. The molecular weight excluding hydrogens is 214 g/mol. The molecular formula is C14H27NO2. The first-order valence-corrected chi connectivity index (χ1v) is 7.22. The molecule has 0 bridgehead atoms. The van der Waals surface area contributed by atoms with E-state index in [1.807, 2.05) is 0 Å². The van der Waals surface area contributed by atoms with Crippen molar-refractivity contribution in [3.8, 4) is 0 Å². The summed E-state index contributed by atoms with van der Waals surface area (Å²) in [5, 5.41) is 10.2. The van der Waals surface area contributed by atoms with Crippen LogP contribution in [0.1, 0.15) is 44.9 Å². The Morgan fingerprint density at radius 1 is 1.12 bits per heavy atom. The normalized spacial score (nSPS) is 36.7. The lowest BCUT2D eigenvalue weighted by molar-refractivity contribution is 0.00715. The SMILES string of the molecule is COCC1CCCN(C2CCCCCC2O)C1. The molecule has 0 amide bonds. The summed E-state index contributed by atoms with van der Waals surface area (Å²) in [7, 11) is 1.79. The van der Waals surface area contributed by atoms with Gasteiger partial charge in [-0.05, 0) is 38.1 Å². The zero-order valence-electron chi connectivity index (χ0n) is 11.1. The number of hydrogen-bond acceptors (Lipinski definition) is 3. The molecule has 1 aliphatic heterocycles. The fourth-order valence-electron chi connectivity index (χ4n) is 3.46. The number of aliphatic hydroxyl groups is 1. The maximum atomic E-state index is 10.2. The highest BCUT2D eigenvalue weighted by Crippen LogP contribution is 2.26. The van der Waals surface area contributed by atoms with Crippen LogP contribution in [0.5, 0.6) is 0 Å². The van der Waals surface area contributed by atoms with Gasteiger partial charge in [-0.15, -0.1) is 0 Å². The number of aliphatic hydroxyl groups excluding tert-OH is 1. The van der Waals surface area contributed by atoms with Gasteiger partial charge in [-0.1, -0.05) is 19.3 Å². The number of ether oxygens (including phenoxy) is 1. The van der Waals surface area contributed by atoms with Crippen LogP contribution in [0, 0.1) is 5.92 Å². The predicted molar refractivity (Wildman–Crippen MR) is 69.1 cm³/mol. The van der Waals surface area contributed by atoms with Gasteiger partial charge >= 0.3 is 0 Å². The fourth-order valence-corrected chi connectivity index (χ4v) is 3.46. The van der Waals surface area contributed by atoms with Crippen molar-refractivity contribution in [1.29, 1.82) is 0 Å². The highest BCUT2D eigenvalue weighted by molar-refractivity contribution is 4.85. The Labute approximate surface area is 105 Å². The minimum absolute atomic E-state index is 0.0983. The molecule has 100 valence electrons. The monoisotopic (exact) mass is 241 g/mol. The highest BCUT2D eigenvalue weighted by atomic mass is 16.5. The van der Waals surface area contributed by atoms with E-state index in [1.165, 1.54) is 45.1 Å². The maximum Gasteiger partial charge on any atom is 0.0695 e. The Morgan fingerprint density at radius 2 is 1.94 bits per heavy atom. The molecule has 2 fully saturated rings. The van der Waals surface area contributed by atoms with Gasteiger partial charge < -0.3 is 9.84 Å². The molecule has 1 saturated heterocycles. The van der Waals surface area contributed by atoms with E-state index < -0.39 is 0 Å². The Balaban J connectivity index is 1.90. The van der Waals surface area contributed by atoms with Crippen LogP contribution in [0.25, 0.3) is 0 Å². The average Bonchev–Trinajstić information content (AvgIpc) is 2.55. The average molecular weight is 241 g/mol. The van der Waals surface area contributed by atoms with Crippen LogP contribution < -0.4 is 0 Å². The lowest BCUT2D eigenvalue weighted by Crippen LogP contribution is -2.48. The molecule has 0 aromatic heterocycles. The highest BCUT2D eigenvalue weighted by Gasteiger charge is 2.30. The molecule has 1 N–H and O–H groups in total. The first-order chi connectivity index (χ1) is 8.31. The predicted octanol–water partition coefficient (Wildman–Crippen LogP) is 2.04. The number of nitrogens with zero attached hydrogens (tertiary/aromatic N) is 1. The standard InChI is InChI=1S/C14H27NO2/c1-17-11-12-6-5-9-15(10-12)13-7-3-2-4-8-14(13)16/h12-14,16H,2-11H2,1H3. The topological polar surface area (TPSA) is 32.7 Å². The first-order valence-electron chi connectivity index (χ1n) is 7.22. The molecule has 1 heterocycles. The minimum atomic E-state index is -0.0983. The van der Waals surface area contributed by atoms with Gasteiger partial charge in [0, 0.05) is 19.7 Å². The van der Waals surface area contributed by atoms with Crippen molar-refractivity contribution < 1.29 is 9.84 Å². The van der Waals surface area contributed by atoms with Crippen LogP contribution in [0.3, 0.4) is 0 Å². The molecule has 0 aromatic rings. The van der Waals surface area contributed by atoms with Crippen molar-refractivity contribution in [2.45, 2.75) is 57.1 Å². The summed E-state index contributed by atoms with van der Waals surface area (Å²) in [4.78, 5) is 2.53. The maximum absolute atomic E-state index is 10.2. The van der Waals surface area contributed by atoms with Gasteiger partial charge in [0.25, 0.3) is 0 Å². The number of methoxy groups -OCH3 is 1. The third kappa shape index (κ3) is 3.67. The van der Waals surface area contributed by atoms with E-state index in [9.17, 15) is 5.11 Å². The van der Waals surface area contributed by atoms with Crippen molar-refractivity contribution in [3.05, 3.63) is 0 Å². The lowest BCUT2D eigenvalue weighted by Gasteiger charge is -2.39. The summed E-state index contributed by atoms with van der Waals surface area (Å²) < 4.78 is 5.28. The van der Waals surface area contributed by atoms with E-state index >= 15 is 0 Å². The number of hydrogen-bond donors (Lipinski definition) is 1. The van der Waals surface area contributed by atoms with E-state index in [-0.39, 0.29) is 6.10 Å². The van der Waals surface area contributed by atoms with Crippen molar-refractivity contribution >= 4 is 0 Å². The van der Waals surface area contributed by atoms with Gasteiger partial charge in [0.05, 0.1) is 12.7 Å². The van der Waals surface area contributed by atoms with E-state index in [0.717, 1.165) is 19.6 Å². The zero-order valence-corrected chi connectivity index (χ0v) is 11.1. The molecule has 3 heteroatoms. The Morgan fingerprint density at radius 3 is 2.76 bits per heavy atom. The van der Waals surface area contributed by atoms with Gasteiger partial charge in [0.1, 0.15) is 0 Å². The fraction of sp³-hybridized carbons (Fsp3) is 1.00. The number of piperidine rings is 1. The van der Waals surface area contributed by atoms with Crippen LogP contribution in [0.4, 0.5) is 0 Å². The largest absolute Gasteiger partial charge is 0.391 e. The van der Waals surface area contributed by atoms with Crippen molar-refractivity contribution in [2.75, 3.05) is 26.8 Å². The van der Waals surface area contributed by atoms with E-state index in [2.05, 4.69) is 4.90 Å². The molecule has 3 nitrogen and oxygen atoms in total. The van der Waals surface area contributed by atoms with Gasteiger partial charge in [0.2, 0.25) is 0 Å². The summed E-state index contributed by atoms with van der Waals surface area (Å²) in [6.07, 6.45) is 8.41. The van der Waals surface area contributed by atoms with Crippen LogP contribution in [0.15, 0.2) is 0 Å². The zero-order chi connectivity index (χ0) is 12.1. The first kappa shape index (κ1) is 13.3. The Hall–Kier alpha value is -0.120. The number of rotatable bonds is 3. The molecule has 0 spiro atoms. The lowest BCUT2D eigenvalue weighted by atomic mass is 9.94. The Bertz CT molecular complexity index is 220. The second kappa shape index (κ2) is 6.72. The molecule has 3 atom stereocenters. The number of likely N-dealkylation sites (tertiary alicyclic amines) is 1. The minimum Gasteiger partial charge on any atom is -0.391 e. The van der Waals surface area contributed by atoms with Gasteiger partial charge in [-0.3, -0.25) is 4.90 Å². The molecule has 1 saturated carbocycles. The quantitative estimate of drug-likeness (QED) is 0.768. The second-order valence-corrected chi connectivity index (χ2v) is 5.73. The third-order valence-electron chi connectivity index (χ3n) is 4.37. The van der Waals surface area contributed by atoms with Crippen molar-refractivity contribution in [1.82, 2.24) is 4.90 Å². The van der Waals surface area contributed by atoms with Gasteiger partial charge in [-0.25, -0.2) is 0 Å². The summed E-state index contributed by atoms with van der Waals surface area (Å²) in [6.45, 7) is 3.16. The summed E-state index contributed by atoms with van der Waals surface area (Å²) in [5.41, 5.74) is 0. The van der Waals surface area contributed by atoms with E-state index in [0.29, 0.717) is 12.0 Å². The molecule has 0 aromatic carbocycles. The van der Waals surface area contributed by atoms with Crippen molar-refractivity contribution in [2.24, 2.45) is 5.92 Å². The van der Waals surface area contributed by atoms with Crippen LogP contribution in [0.2, 0.25) is 0 Å². The Kier molecular flexibility index (Phi) is 5.26. The summed E-state index contributed by atoms with van der Waals surface area (Å²) >= 11 is 0. The van der Waals surface area contributed by atoms with Crippen LogP contribution in [-0.4, -0.2) is 49.0 Å².